The summed E-state index contributed by atoms with van der Waals surface area (Å²) in [4.78, 5) is 13.3. The average molecular weight is 296 g/mol. The highest BCUT2D eigenvalue weighted by Crippen LogP contribution is 2.15. The Balaban J connectivity index is 1.64. The van der Waals surface area contributed by atoms with Crippen LogP contribution in [0.4, 0.5) is 5.82 Å². The Hall–Kier alpha value is -2.27. The number of hydrogen-bond acceptors (Lipinski definition) is 5. The van der Waals surface area contributed by atoms with Crippen molar-refractivity contribution in [1.29, 1.82) is 0 Å². The van der Waals surface area contributed by atoms with Crippen LogP contribution in [0.15, 0.2) is 48.0 Å². The third-order valence-electron chi connectivity index (χ3n) is 3.04. The first kappa shape index (κ1) is 13.7. The molecular weight excluding hydrogens is 280 g/mol. The molecule has 0 radical (unpaired) electrons. The molecule has 21 heavy (non-hydrogen) atoms. The number of aryl methyl sites for hydroxylation is 1. The van der Waals surface area contributed by atoms with Gasteiger partial charge >= 0.3 is 0 Å². The van der Waals surface area contributed by atoms with Gasteiger partial charge in [-0.3, -0.25) is 0 Å². The van der Waals surface area contributed by atoms with E-state index < -0.39 is 0 Å². The molecule has 0 bridgehead atoms. The lowest BCUT2D eigenvalue weighted by Crippen LogP contribution is -2.07. The van der Waals surface area contributed by atoms with Gasteiger partial charge in [-0.05, 0) is 13.0 Å². The summed E-state index contributed by atoms with van der Waals surface area (Å²) in [6, 6.07) is 11.9. The van der Waals surface area contributed by atoms with Crippen LogP contribution in [0.5, 0.6) is 0 Å². The van der Waals surface area contributed by atoms with Crippen molar-refractivity contribution in [2.75, 3.05) is 11.9 Å². The molecular formula is C16H16N4S. The van der Waals surface area contributed by atoms with E-state index in [-0.39, 0.29) is 0 Å². The molecule has 0 saturated carbocycles. The molecule has 0 aliphatic heterocycles. The van der Waals surface area contributed by atoms with E-state index in [0.29, 0.717) is 0 Å². The zero-order valence-corrected chi connectivity index (χ0v) is 12.6. The second kappa shape index (κ2) is 6.45. The fourth-order valence-electron chi connectivity index (χ4n) is 2.03. The SMILES string of the molecule is Cc1nc(CCNc2ccnc(-c3ccccc3)n2)cs1. The van der Waals surface area contributed by atoms with Gasteiger partial charge in [0.2, 0.25) is 0 Å². The average Bonchev–Trinajstić information content (AvgIpc) is 2.94. The van der Waals surface area contributed by atoms with Crippen LogP contribution in [-0.4, -0.2) is 21.5 Å². The molecule has 0 aliphatic rings. The van der Waals surface area contributed by atoms with Gasteiger partial charge in [0, 0.05) is 30.1 Å². The second-order valence-corrected chi connectivity index (χ2v) is 5.73. The van der Waals surface area contributed by atoms with E-state index in [9.17, 15) is 0 Å². The molecule has 0 unspecified atom stereocenters. The fraction of sp³-hybridized carbons (Fsp3) is 0.188. The molecule has 0 amide bonds. The number of hydrogen-bond donors (Lipinski definition) is 1. The Morgan fingerprint density at radius 2 is 1.95 bits per heavy atom. The monoisotopic (exact) mass is 296 g/mol. The maximum Gasteiger partial charge on any atom is 0.161 e. The summed E-state index contributed by atoms with van der Waals surface area (Å²) < 4.78 is 0. The minimum atomic E-state index is 0.741. The van der Waals surface area contributed by atoms with Crippen LogP contribution in [0.25, 0.3) is 11.4 Å². The minimum absolute atomic E-state index is 0.741. The summed E-state index contributed by atoms with van der Waals surface area (Å²) in [6.07, 6.45) is 2.68. The summed E-state index contributed by atoms with van der Waals surface area (Å²) in [5.74, 6) is 1.58. The molecule has 2 heterocycles. The van der Waals surface area contributed by atoms with E-state index in [1.807, 2.05) is 43.3 Å². The van der Waals surface area contributed by atoms with Gasteiger partial charge in [0.15, 0.2) is 5.82 Å². The van der Waals surface area contributed by atoms with Crippen LogP contribution >= 0.6 is 11.3 Å². The normalized spacial score (nSPS) is 10.5. The van der Waals surface area contributed by atoms with E-state index in [1.165, 1.54) is 0 Å². The Kier molecular flexibility index (Phi) is 4.21. The van der Waals surface area contributed by atoms with Crippen LogP contribution in [0, 0.1) is 6.92 Å². The highest BCUT2D eigenvalue weighted by atomic mass is 32.1. The summed E-state index contributed by atoms with van der Waals surface area (Å²) in [5, 5.41) is 6.54. The number of anilines is 1. The van der Waals surface area contributed by atoms with E-state index in [2.05, 4.69) is 25.6 Å². The van der Waals surface area contributed by atoms with Crippen LogP contribution in [-0.2, 0) is 6.42 Å². The van der Waals surface area contributed by atoms with Crippen molar-refractivity contribution in [2.24, 2.45) is 0 Å². The summed E-state index contributed by atoms with van der Waals surface area (Å²) in [7, 11) is 0. The van der Waals surface area contributed by atoms with Gasteiger partial charge in [-0.25, -0.2) is 15.0 Å². The molecule has 5 heteroatoms. The van der Waals surface area contributed by atoms with Crippen molar-refractivity contribution in [3.05, 3.63) is 58.7 Å². The van der Waals surface area contributed by atoms with Crippen molar-refractivity contribution in [3.63, 3.8) is 0 Å². The van der Waals surface area contributed by atoms with E-state index in [1.54, 1.807) is 17.5 Å². The first-order chi connectivity index (χ1) is 10.3. The van der Waals surface area contributed by atoms with Crippen molar-refractivity contribution in [2.45, 2.75) is 13.3 Å². The fourth-order valence-corrected chi connectivity index (χ4v) is 2.67. The van der Waals surface area contributed by atoms with E-state index in [4.69, 9.17) is 0 Å². The molecule has 106 valence electrons. The van der Waals surface area contributed by atoms with Crippen molar-refractivity contribution in [1.82, 2.24) is 15.0 Å². The zero-order chi connectivity index (χ0) is 14.5. The summed E-state index contributed by atoms with van der Waals surface area (Å²) in [5.41, 5.74) is 2.15. The van der Waals surface area contributed by atoms with E-state index in [0.717, 1.165) is 40.9 Å². The largest absolute Gasteiger partial charge is 0.370 e. The molecule has 0 saturated heterocycles. The molecule has 2 aromatic heterocycles. The maximum atomic E-state index is 4.54. The third kappa shape index (κ3) is 3.64. The molecule has 0 fully saturated rings. The lowest BCUT2D eigenvalue weighted by molar-refractivity contribution is 0.958. The number of thiazole rings is 1. The first-order valence-corrected chi connectivity index (χ1v) is 7.72. The zero-order valence-electron chi connectivity index (χ0n) is 11.8. The first-order valence-electron chi connectivity index (χ1n) is 6.84. The van der Waals surface area contributed by atoms with Gasteiger partial charge in [0.05, 0.1) is 10.7 Å². The van der Waals surface area contributed by atoms with Gasteiger partial charge in [-0.1, -0.05) is 30.3 Å². The number of benzene rings is 1. The van der Waals surface area contributed by atoms with Crippen molar-refractivity contribution >= 4 is 17.2 Å². The van der Waals surface area contributed by atoms with Gasteiger partial charge < -0.3 is 5.32 Å². The van der Waals surface area contributed by atoms with Crippen LogP contribution < -0.4 is 5.32 Å². The number of rotatable bonds is 5. The van der Waals surface area contributed by atoms with Gasteiger partial charge in [-0.2, -0.15) is 0 Å². The molecule has 0 atom stereocenters. The number of nitrogens with one attached hydrogen (secondary N) is 1. The Bertz CT molecular complexity index is 709. The Morgan fingerprint density at radius 1 is 1.10 bits per heavy atom. The smallest absolute Gasteiger partial charge is 0.161 e. The predicted octanol–water partition coefficient (Wildman–Crippen LogP) is 3.56. The molecule has 4 nitrogen and oxygen atoms in total. The maximum absolute atomic E-state index is 4.54. The molecule has 0 aliphatic carbocycles. The molecule has 0 spiro atoms. The van der Waals surface area contributed by atoms with Crippen LogP contribution in [0.2, 0.25) is 0 Å². The molecule has 3 rings (SSSR count). The summed E-state index contributed by atoms with van der Waals surface area (Å²) in [6.45, 7) is 2.84. The lowest BCUT2D eigenvalue weighted by Gasteiger charge is -2.06. The second-order valence-electron chi connectivity index (χ2n) is 4.67. The predicted molar refractivity (Wildman–Crippen MR) is 86.5 cm³/mol. The Labute approximate surface area is 127 Å². The van der Waals surface area contributed by atoms with Crippen LogP contribution in [0.1, 0.15) is 10.7 Å². The van der Waals surface area contributed by atoms with Gasteiger partial charge in [0.1, 0.15) is 5.82 Å². The van der Waals surface area contributed by atoms with Crippen molar-refractivity contribution in [3.8, 4) is 11.4 Å². The molecule has 1 N–H and O–H groups in total. The number of aromatic nitrogens is 3. The highest BCUT2D eigenvalue weighted by molar-refractivity contribution is 7.09. The Morgan fingerprint density at radius 3 is 2.71 bits per heavy atom. The standard InChI is InChI=1S/C16H16N4S/c1-12-19-14(11-21-12)7-9-17-15-8-10-18-16(20-15)13-5-3-2-4-6-13/h2-6,8,10-11H,7,9H2,1H3,(H,17,18,20). The van der Waals surface area contributed by atoms with Gasteiger partial charge in [-0.15, -0.1) is 11.3 Å². The molecule has 1 aromatic carbocycles. The number of nitrogens with zero attached hydrogens (tertiary/aromatic N) is 3. The van der Waals surface area contributed by atoms with Gasteiger partial charge in [0.25, 0.3) is 0 Å². The quantitative estimate of drug-likeness (QED) is 0.782. The van der Waals surface area contributed by atoms with Crippen LogP contribution in [0.3, 0.4) is 0 Å². The van der Waals surface area contributed by atoms with E-state index >= 15 is 0 Å². The topological polar surface area (TPSA) is 50.7 Å². The lowest BCUT2D eigenvalue weighted by atomic mass is 10.2. The summed E-state index contributed by atoms with van der Waals surface area (Å²) >= 11 is 1.69. The minimum Gasteiger partial charge on any atom is -0.370 e. The third-order valence-corrected chi connectivity index (χ3v) is 3.86. The highest BCUT2D eigenvalue weighted by Gasteiger charge is 2.02. The van der Waals surface area contributed by atoms with Crippen molar-refractivity contribution < 1.29 is 0 Å². The molecule has 3 aromatic rings.